The molecule has 0 aromatic heterocycles. The second kappa shape index (κ2) is 7.28. The minimum atomic E-state index is 0.199. The van der Waals surface area contributed by atoms with E-state index in [-0.39, 0.29) is 6.10 Å². The van der Waals surface area contributed by atoms with E-state index in [4.69, 9.17) is 4.74 Å². The number of dihydropyridines is 1. The Bertz CT molecular complexity index is 259. The van der Waals surface area contributed by atoms with Gasteiger partial charge in [-0.2, -0.15) is 0 Å². The van der Waals surface area contributed by atoms with E-state index in [0.717, 1.165) is 44.2 Å². The number of nitrogens with zero attached hydrogens (tertiary/aromatic N) is 1. The predicted octanol–water partition coefficient (Wildman–Crippen LogP) is 1.30. The molecule has 16 heavy (non-hydrogen) atoms. The molecule has 0 aliphatic carbocycles. The van der Waals surface area contributed by atoms with Gasteiger partial charge in [-0.3, -0.25) is 4.99 Å². The maximum atomic E-state index is 5.71. The highest BCUT2D eigenvalue weighted by molar-refractivity contribution is 5.97. The largest absolute Gasteiger partial charge is 0.487 e. The third-order valence-electron chi connectivity index (χ3n) is 2.17. The van der Waals surface area contributed by atoms with Crippen molar-refractivity contribution in [3.8, 4) is 0 Å². The van der Waals surface area contributed by atoms with Crippen molar-refractivity contribution in [3.63, 3.8) is 0 Å². The lowest BCUT2D eigenvalue weighted by Gasteiger charge is -2.19. The van der Waals surface area contributed by atoms with Gasteiger partial charge in [-0.25, -0.2) is 0 Å². The van der Waals surface area contributed by atoms with Crippen LogP contribution in [0.1, 0.15) is 27.2 Å². The van der Waals surface area contributed by atoms with Gasteiger partial charge in [0.05, 0.1) is 6.10 Å². The Balaban J connectivity index is 2.37. The van der Waals surface area contributed by atoms with E-state index >= 15 is 0 Å². The van der Waals surface area contributed by atoms with Crippen LogP contribution >= 0.6 is 0 Å². The highest BCUT2D eigenvalue weighted by Gasteiger charge is 2.12. The lowest BCUT2D eigenvalue weighted by atomic mass is 10.2. The summed E-state index contributed by atoms with van der Waals surface area (Å²) in [4.78, 5) is 4.45. The molecule has 4 heteroatoms. The molecule has 0 aromatic carbocycles. The molecule has 0 spiro atoms. The number of hydrogen-bond donors (Lipinski definition) is 2. The number of hydrogen-bond acceptors (Lipinski definition) is 4. The van der Waals surface area contributed by atoms with Crippen LogP contribution < -0.4 is 10.6 Å². The van der Waals surface area contributed by atoms with Gasteiger partial charge in [-0.15, -0.1) is 0 Å². The van der Waals surface area contributed by atoms with E-state index in [9.17, 15) is 0 Å². The molecule has 0 amide bonds. The molecule has 0 radical (unpaired) electrons. The fourth-order valence-electron chi connectivity index (χ4n) is 1.49. The number of ether oxygens (including phenoxy) is 1. The van der Waals surface area contributed by atoms with Crippen molar-refractivity contribution in [3.05, 3.63) is 11.8 Å². The quantitative estimate of drug-likeness (QED) is 0.670. The molecule has 92 valence electrons. The molecule has 0 unspecified atom stereocenters. The number of nitrogens with one attached hydrogen (secondary N) is 2. The molecule has 0 atom stereocenters. The average molecular weight is 225 g/mol. The van der Waals surface area contributed by atoms with E-state index in [1.807, 2.05) is 13.8 Å². The summed E-state index contributed by atoms with van der Waals surface area (Å²) < 4.78 is 5.71. The minimum Gasteiger partial charge on any atom is -0.487 e. The monoisotopic (exact) mass is 225 g/mol. The minimum absolute atomic E-state index is 0.199. The molecule has 0 saturated carbocycles. The summed E-state index contributed by atoms with van der Waals surface area (Å²) >= 11 is 0. The van der Waals surface area contributed by atoms with Crippen molar-refractivity contribution < 1.29 is 4.74 Å². The van der Waals surface area contributed by atoms with Crippen LogP contribution in [0.25, 0.3) is 0 Å². The Kier molecular flexibility index (Phi) is 5.93. The second-order valence-corrected chi connectivity index (χ2v) is 4.03. The molecular formula is C12H23N3O. The van der Waals surface area contributed by atoms with Crippen molar-refractivity contribution in [1.29, 1.82) is 0 Å². The normalized spacial score (nSPS) is 15.8. The van der Waals surface area contributed by atoms with Crippen LogP contribution in [-0.2, 0) is 4.74 Å². The SMILES string of the molecule is CCNCCNC1=NCCC=C1OC(C)C. The zero-order chi connectivity index (χ0) is 11.8. The fourth-order valence-corrected chi connectivity index (χ4v) is 1.49. The molecule has 1 rings (SSSR count). The number of rotatable bonds is 6. The Labute approximate surface area is 98.2 Å². The molecule has 1 aliphatic rings. The third-order valence-corrected chi connectivity index (χ3v) is 2.17. The van der Waals surface area contributed by atoms with E-state index in [1.54, 1.807) is 0 Å². The number of amidine groups is 1. The Morgan fingerprint density at radius 1 is 1.44 bits per heavy atom. The van der Waals surface area contributed by atoms with Crippen molar-refractivity contribution >= 4 is 5.84 Å². The van der Waals surface area contributed by atoms with Crippen molar-refractivity contribution in [2.45, 2.75) is 33.3 Å². The summed E-state index contributed by atoms with van der Waals surface area (Å²) in [6.45, 7) is 9.85. The molecular weight excluding hydrogens is 202 g/mol. The predicted molar refractivity (Wildman–Crippen MR) is 67.8 cm³/mol. The van der Waals surface area contributed by atoms with Gasteiger partial charge < -0.3 is 15.4 Å². The standard InChI is InChI=1S/C12H23N3O/c1-4-13-8-9-15-12-11(16-10(2)3)6-5-7-14-12/h6,10,13H,4-5,7-9H2,1-3H3,(H,14,15). The van der Waals surface area contributed by atoms with Gasteiger partial charge in [-0.1, -0.05) is 6.92 Å². The maximum Gasteiger partial charge on any atom is 0.163 e. The topological polar surface area (TPSA) is 45.7 Å². The first-order valence-corrected chi connectivity index (χ1v) is 6.10. The summed E-state index contributed by atoms with van der Waals surface area (Å²) in [6.07, 6.45) is 3.29. The summed E-state index contributed by atoms with van der Waals surface area (Å²) in [5, 5.41) is 6.57. The summed E-state index contributed by atoms with van der Waals surface area (Å²) in [5.41, 5.74) is 0. The lowest BCUT2D eigenvalue weighted by molar-refractivity contribution is 0.160. The van der Waals surface area contributed by atoms with Gasteiger partial charge in [0, 0.05) is 19.6 Å². The van der Waals surface area contributed by atoms with Crippen LogP contribution in [0.5, 0.6) is 0 Å². The van der Waals surface area contributed by atoms with Gasteiger partial charge >= 0.3 is 0 Å². The Morgan fingerprint density at radius 3 is 2.94 bits per heavy atom. The molecule has 4 nitrogen and oxygen atoms in total. The van der Waals surface area contributed by atoms with E-state index in [1.165, 1.54) is 0 Å². The second-order valence-electron chi connectivity index (χ2n) is 4.03. The van der Waals surface area contributed by atoms with Gasteiger partial charge in [0.2, 0.25) is 0 Å². The zero-order valence-corrected chi connectivity index (χ0v) is 10.5. The van der Waals surface area contributed by atoms with Crippen LogP contribution in [0.15, 0.2) is 16.8 Å². The number of likely N-dealkylation sites (N-methyl/N-ethyl adjacent to an activating group) is 1. The Hall–Kier alpha value is -1.03. The maximum absolute atomic E-state index is 5.71. The van der Waals surface area contributed by atoms with Crippen LogP contribution in [0, 0.1) is 0 Å². The van der Waals surface area contributed by atoms with E-state index in [2.05, 4.69) is 28.6 Å². The molecule has 1 heterocycles. The summed E-state index contributed by atoms with van der Waals surface area (Å²) in [5.74, 6) is 1.80. The van der Waals surface area contributed by atoms with Gasteiger partial charge in [-0.05, 0) is 32.9 Å². The molecule has 0 aromatic rings. The lowest BCUT2D eigenvalue weighted by Crippen LogP contribution is -2.35. The first-order chi connectivity index (χ1) is 7.74. The van der Waals surface area contributed by atoms with Crippen LogP contribution in [-0.4, -0.2) is 38.1 Å². The van der Waals surface area contributed by atoms with Gasteiger partial charge in [0.1, 0.15) is 0 Å². The first-order valence-electron chi connectivity index (χ1n) is 6.10. The number of aliphatic imine (C=N–C) groups is 1. The van der Waals surface area contributed by atoms with Gasteiger partial charge in [0.15, 0.2) is 11.6 Å². The highest BCUT2D eigenvalue weighted by Crippen LogP contribution is 2.09. The summed E-state index contributed by atoms with van der Waals surface area (Å²) in [6, 6.07) is 0. The molecule has 1 aliphatic heterocycles. The molecule has 0 fully saturated rings. The average Bonchev–Trinajstić information content (AvgIpc) is 2.26. The molecule has 2 N–H and O–H groups in total. The smallest absolute Gasteiger partial charge is 0.163 e. The first kappa shape index (κ1) is 13.0. The van der Waals surface area contributed by atoms with Crippen LogP contribution in [0.3, 0.4) is 0 Å². The van der Waals surface area contributed by atoms with Crippen LogP contribution in [0.4, 0.5) is 0 Å². The zero-order valence-electron chi connectivity index (χ0n) is 10.5. The van der Waals surface area contributed by atoms with E-state index in [0.29, 0.717) is 0 Å². The van der Waals surface area contributed by atoms with E-state index < -0.39 is 0 Å². The highest BCUT2D eigenvalue weighted by atomic mass is 16.5. The Morgan fingerprint density at radius 2 is 2.25 bits per heavy atom. The van der Waals surface area contributed by atoms with Crippen molar-refractivity contribution in [2.24, 2.45) is 4.99 Å². The third kappa shape index (κ3) is 4.66. The van der Waals surface area contributed by atoms with Crippen molar-refractivity contribution in [2.75, 3.05) is 26.2 Å². The molecule has 0 saturated heterocycles. The summed E-state index contributed by atoms with van der Waals surface area (Å²) in [7, 11) is 0. The fraction of sp³-hybridized carbons (Fsp3) is 0.750. The van der Waals surface area contributed by atoms with Crippen molar-refractivity contribution in [1.82, 2.24) is 10.6 Å². The van der Waals surface area contributed by atoms with Gasteiger partial charge in [0.25, 0.3) is 0 Å². The van der Waals surface area contributed by atoms with Crippen LogP contribution in [0.2, 0.25) is 0 Å². The molecule has 0 bridgehead atoms.